The Hall–Kier alpha value is -6.97. The molecule has 0 saturated heterocycles. The maximum absolute atomic E-state index is 12.7. The Kier molecular flexibility index (Phi) is 11.2. The van der Waals surface area contributed by atoms with Crippen LogP contribution in [-0.4, -0.2) is 9.97 Å². The average molecular weight is 1000 g/mol. The second kappa shape index (κ2) is 18.2. The Morgan fingerprint density at radius 3 is 2.11 bits per heavy atom. The molecule has 10 rings (SSSR count). The molecule has 0 fully saturated rings. The summed E-state index contributed by atoms with van der Waals surface area (Å²) in [6.45, 7) is 6.88. The Labute approximate surface area is 384 Å². The van der Waals surface area contributed by atoms with Crippen LogP contribution in [0.2, 0.25) is 0 Å². The summed E-state index contributed by atoms with van der Waals surface area (Å²) >= 11 is 0. The van der Waals surface area contributed by atoms with Crippen LogP contribution in [0.1, 0.15) is 65.9 Å². The van der Waals surface area contributed by atoms with Gasteiger partial charge in [0.1, 0.15) is 17.1 Å². The van der Waals surface area contributed by atoms with E-state index in [1.54, 1.807) is 12.1 Å². The predicted molar refractivity (Wildman–Crippen MR) is 248 cm³/mol. The van der Waals surface area contributed by atoms with Gasteiger partial charge >= 0.3 is 0 Å². The van der Waals surface area contributed by atoms with Crippen molar-refractivity contribution in [1.82, 2.24) is 9.97 Å². The molecule has 0 aliphatic heterocycles. The number of rotatable bonds is 7. The fourth-order valence-corrected chi connectivity index (χ4v) is 7.90. The van der Waals surface area contributed by atoms with Crippen molar-refractivity contribution in [3.05, 3.63) is 192 Å². The molecule has 0 unspecified atom stereocenters. The number of nitrogens with zero attached hydrogens (tertiary/aromatic N) is 3. The third kappa shape index (κ3) is 8.61. The van der Waals surface area contributed by atoms with E-state index >= 15 is 0 Å². The van der Waals surface area contributed by atoms with Crippen molar-refractivity contribution in [2.45, 2.75) is 46.4 Å². The molecule has 311 valence electrons. The third-order valence-electron chi connectivity index (χ3n) is 11.0. The molecule has 5 nitrogen and oxygen atoms in total. The quantitative estimate of drug-likeness (QED) is 0.149. The van der Waals surface area contributed by atoms with Gasteiger partial charge in [0.15, 0.2) is 0 Å². The van der Waals surface area contributed by atoms with Crippen LogP contribution in [0.4, 0.5) is 4.39 Å². The molecule has 0 aliphatic carbocycles. The van der Waals surface area contributed by atoms with Crippen LogP contribution < -0.4 is 0 Å². The minimum absolute atomic E-state index is 0. The van der Waals surface area contributed by atoms with Gasteiger partial charge in [-0.3, -0.25) is 9.37 Å². The second-order valence-electron chi connectivity index (χ2n) is 15.8. The van der Waals surface area contributed by atoms with Crippen molar-refractivity contribution >= 4 is 33.0 Å². The average Bonchev–Trinajstić information content (AvgIpc) is 3.93. The van der Waals surface area contributed by atoms with Gasteiger partial charge in [-0.25, -0.2) is 0 Å². The molecule has 1 radical (unpaired) electrons. The molecule has 0 N–H and O–H groups in total. The van der Waals surface area contributed by atoms with Gasteiger partial charge < -0.3 is 13.8 Å². The van der Waals surface area contributed by atoms with Crippen molar-refractivity contribution in [2.24, 2.45) is 0 Å². The number of aromatic nitrogens is 2. The summed E-state index contributed by atoms with van der Waals surface area (Å²) < 4.78 is 47.6. The summed E-state index contributed by atoms with van der Waals surface area (Å²) in [4.78, 5) is 9.03. The summed E-state index contributed by atoms with van der Waals surface area (Å²) in [6, 6.07) is 54.7. The zero-order valence-corrected chi connectivity index (χ0v) is 37.4. The van der Waals surface area contributed by atoms with E-state index in [0.717, 1.165) is 44.1 Å². The molecule has 0 spiro atoms. The summed E-state index contributed by atoms with van der Waals surface area (Å²) in [7, 11) is 0. The van der Waals surface area contributed by atoms with E-state index in [4.69, 9.17) is 17.9 Å². The number of pyridine rings is 1. The molecule has 3 heterocycles. The van der Waals surface area contributed by atoms with E-state index in [-0.39, 0.29) is 31.5 Å². The second-order valence-corrected chi connectivity index (χ2v) is 15.8. The minimum Gasteiger partial charge on any atom is -0.500 e. The number of benzene rings is 7. The van der Waals surface area contributed by atoms with Gasteiger partial charge in [-0.05, 0) is 98.7 Å². The first-order valence-corrected chi connectivity index (χ1v) is 20.5. The molecule has 7 heteroatoms. The van der Waals surface area contributed by atoms with Crippen molar-refractivity contribution < 1.29 is 37.4 Å². The number of furan rings is 1. The predicted octanol–water partition coefficient (Wildman–Crippen LogP) is 15.3. The number of fused-ring (bicyclic) bond motifs is 4. The van der Waals surface area contributed by atoms with E-state index in [1.807, 2.05) is 48.5 Å². The fraction of sp³-hybridized carbons (Fsp3) is 0.125. The van der Waals surface area contributed by atoms with Gasteiger partial charge in [0, 0.05) is 47.2 Å². The Morgan fingerprint density at radius 2 is 1.44 bits per heavy atom. The van der Waals surface area contributed by atoms with Crippen LogP contribution in [0.5, 0.6) is 0 Å². The molecule has 63 heavy (non-hydrogen) atoms. The van der Waals surface area contributed by atoms with Gasteiger partial charge in [-0.15, -0.1) is 48.0 Å². The molecule has 0 atom stereocenters. The smallest absolute Gasteiger partial charge is 0.149 e. The largest absolute Gasteiger partial charge is 0.500 e. The number of nitriles is 1. The van der Waals surface area contributed by atoms with Crippen LogP contribution in [0.3, 0.4) is 0 Å². The molecular weight excluding hydrogens is 958 g/mol. The van der Waals surface area contributed by atoms with Crippen LogP contribution in [0.25, 0.3) is 89.1 Å². The van der Waals surface area contributed by atoms with Gasteiger partial charge in [0.25, 0.3) is 0 Å². The SMILES string of the molecule is CC(C)c1cc(-c2ccccc2)cc(C(C)C)c1-c1cccc2nc(-c3[c-]ccc4c3oc3cc(-c5ccc(C#N)cc5)ccc34)oc12.[2H]C([2H])([2H])c1ccc(-c2[c-]cc(F)cc2)nc1.[Ir]. The third-order valence-corrected chi connectivity index (χ3v) is 11.0. The first-order chi connectivity index (χ1) is 31.4. The molecule has 0 amide bonds. The molecule has 0 saturated carbocycles. The summed E-state index contributed by atoms with van der Waals surface area (Å²) in [5, 5.41) is 11.2. The number of hydrogen-bond acceptors (Lipinski definition) is 5. The first-order valence-electron chi connectivity index (χ1n) is 22.0. The fourth-order valence-electron chi connectivity index (χ4n) is 7.90. The van der Waals surface area contributed by atoms with Gasteiger partial charge in [0.05, 0.1) is 22.7 Å². The van der Waals surface area contributed by atoms with Crippen LogP contribution >= 0.6 is 0 Å². The van der Waals surface area contributed by atoms with Gasteiger partial charge in [0.2, 0.25) is 0 Å². The monoisotopic (exact) mass is 1000 g/mol. The van der Waals surface area contributed by atoms with Crippen LogP contribution in [-0.2, 0) is 20.1 Å². The number of aryl methyl sites for hydroxylation is 1. The molecule has 0 aliphatic rings. The van der Waals surface area contributed by atoms with Crippen LogP contribution in [0.15, 0.2) is 161 Å². The van der Waals surface area contributed by atoms with Crippen molar-refractivity contribution in [3.63, 3.8) is 0 Å². The van der Waals surface area contributed by atoms with Gasteiger partial charge in [-0.1, -0.05) is 124 Å². The number of para-hydroxylation sites is 1. The van der Waals surface area contributed by atoms with E-state index < -0.39 is 6.85 Å². The van der Waals surface area contributed by atoms with Crippen molar-refractivity contribution in [3.8, 4) is 62.2 Å². The molecule has 0 bridgehead atoms. The topological polar surface area (TPSA) is 75.8 Å². The Morgan fingerprint density at radius 1 is 0.698 bits per heavy atom. The normalized spacial score (nSPS) is 12.1. The first kappa shape index (κ1) is 38.9. The summed E-state index contributed by atoms with van der Waals surface area (Å²) in [6.07, 6.45) is 1.31. The summed E-state index contributed by atoms with van der Waals surface area (Å²) in [5.74, 6) is 0.705. The van der Waals surface area contributed by atoms with E-state index in [9.17, 15) is 9.65 Å². The Balaban J connectivity index is 0.000000278. The van der Waals surface area contributed by atoms with E-state index in [2.05, 4.69) is 118 Å². The van der Waals surface area contributed by atoms with E-state index in [1.165, 1.54) is 52.2 Å². The van der Waals surface area contributed by atoms with E-state index in [0.29, 0.717) is 45.7 Å². The number of halogens is 1. The molecule has 3 aromatic heterocycles. The Bertz CT molecular complexity index is 3340. The molecule has 10 aromatic rings. The molecule has 7 aromatic carbocycles. The summed E-state index contributed by atoms with van der Waals surface area (Å²) in [5.41, 5.74) is 15.0. The van der Waals surface area contributed by atoms with Crippen molar-refractivity contribution in [1.29, 1.82) is 5.26 Å². The zero-order valence-electron chi connectivity index (χ0n) is 38.0. The zero-order chi connectivity index (χ0) is 45.4. The maximum atomic E-state index is 12.7. The standard InChI is InChI=1S/C44H33N2O2.C12H9FN.Ir/c1-26(2)37-22-32(29-10-6-5-7-11-29)23-38(27(3)4)41(37)35-13-9-15-39-43(35)48-44(46-39)36-14-8-12-34-33-21-20-31(24-40(33)47-42(34)36)30-18-16-28(25-45)17-19-30;1-9-2-7-12(14-8-9)10-3-5-11(13)6-4-10;/h5-13,15-24,26-27H,1-4H3;2-3,5-8H,1H3;/q2*-1;/i;1D3;. The van der Waals surface area contributed by atoms with Crippen molar-refractivity contribution in [2.75, 3.05) is 0 Å². The van der Waals surface area contributed by atoms with Gasteiger partial charge in [-0.2, -0.15) is 5.26 Å². The maximum Gasteiger partial charge on any atom is 0.149 e. The number of oxazole rings is 1. The molecular formula is C56H42FIrN3O2-2. The minimum atomic E-state index is -2.15. The van der Waals surface area contributed by atoms with Crippen LogP contribution in [0, 0.1) is 36.1 Å². The number of hydrogen-bond donors (Lipinski definition) is 0.